The third kappa shape index (κ3) is 0.301. The molecule has 0 spiro atoms. The summed E-state index contributed by atoms with van der Waals surface area (Å²) in [5, 5.41) is 0. The largest absolute Gasteiger partial charge is 0.299 e. The standard InChI is InChI=1S/C9H12O/c1-2-9-4-5-3-6(9)7(9)8(5)10/h5-7H,2-4H2,1H3/t5-,6+,7+,9-/m1/s1. The van der Waals surface area contributed by atoms with Crippen LogP contribution >= 0.6 is 0 Å². The second kappa shape index (κ2) is 1.19. The molecule has 4 fully saturated rings. The van der Waals surface area contributed by atoms with Gasteiger partial charge in [-0.1, -0.05) is 6.92 Å². The molecular weight excluding hydrogens is 124 g/mol. The summed E-state index contributed by atoms with van der Waals surface area (Å²) in [6, 6.07) is 0. The highest BCUT2D eigenvalue weighted by atomic mass is 16.1. The first-order valence-electron chi connectivity index (χ1n) is 4.33. The van der Waals surface area contributed by atoms with E-state index in [0.717, 1.165) is 5.92 Å². The van der Waals surface area contributed by atoms with E-state index in [9.17, 15) is 4.79 Å². The van der Waals surface area contributed by atoms with Crippen molar-refractivity contribution in [1.29, 1.82) is 0 Å². The monoisotopic (exact) mass is 136 g/mol. The third-order valence-corrected chi connectivity index (χ3v) is 4.18. The zero-order chi connectivity index (χ0) is 6.93. The van der Waals surface area contributed by atoms with Crippen molar-refractivity contribution in [2.24, 2.45) is 23.2 Å². The average molecular weight is 136 g/mol. The van der Waals surface area contributed by atoms with Crippen molar-refractivity contribution in [1.82, 2.24) is 0 Å². The lowest BCUT2D eigenvalue weighted by atomic mass is 10.0. The maximum Gasteiger partial charge on any atom is 0.139 e. The van der Waals surface area contributed by atoms with E-state index < -0.39 is 0 Å². The number of carbonyl (C=O) groups excluding carboxylic acids is 1. The number of hydrogen-bond donors (Lipinski definition) is 0. The van der Waals surface area contributed by atoms with Crippen molar-refractivity contribution in [3.63, 3.8) is 0 Å². The molecule has 4 rings (SSSR count). The Kier molecular flexibility index (Phi) is 0.637. The van der Waals surface area contributed by atoms with Crippen molar-refractivity contribution < 1.29 is 4.79 Å². The van der Waals surface area contributed by atoms with Gasteiger partial charge < -0.3 is 0 Å². The van der Waals surface area contributed by atoms with Crippen LogP contribution in [0.1, 0.15) is 26.2 Å². The minimum Gasteiger partial charge on any atom is -0.299 e. The molecule has 0 saturated heterocycles. The number of hydrogen-bond acceptors (Lipinski definition) is 1. The lowest BCUT2D eigenvalue weighted by molar-refractivity contribution is -0.120. The van der Waals surface area contributed by atoms with Crippen LogP contribution in [0, 0.1) is 23.2 Å². The SMILES string of the molecule is CC[C@@]12C[C@H]3C[C@H]1[C@H]2C3=O. The average Bonchev–Trinajstić information content (AvgIpc) is 2.36. The first kappa shape index (κ1) is 5.34. The maximum absolute atomic E-state index is 11.4. The predicted molar refractivity (Wildman–Crippen MR) is 37.4 cm³/mol. The topological polar surface area (TPSA) is 17.1 Å². The fraction of sp³-hybridized carbons (Fsp3) is 0.889. The molecule has 1 nitrogen and oxygen atoms in total. The van der Waals surface area contributed by atoms with E-state index in [2.05, 4.69) is 6.92 Å². The van der Waals surface area contributed by atoms with Crippen molar-refractivity contribution in [3.05, 3.63) is 0 Å². The Bertz CT molecular complexity index is 221. The molecular formula is C9H12O. The van der Waals surface area contributed by atoms with Gasteiger partial charge in [-0.05, 0) is 30.6 Å². The summed E-state index contributed by atoms with van der Waals surface area (Å²) < 4.78 is 0. The highest BCUT2D eigenvalue weighted by Gasteiger charge is 2.77. The zero-order valence-corrected chi connectivity index (χ0v) is 6.26. The third-order valence-electron chi connectivity index (χ3n) is 4.18. The lowest BCUT2D eigenvalue weighted by Gasteiger charge is -2.02. The van der Waals surface area contributed by atoms with Gasteiger partial charge in [-0.15, -0.1) is 0 Å². The smallest absolute Gasteiger partial charge is 0.139 e. The fourth-order valence-corrected chi connectivity index (χ4v) is 3.65. The summed E-state index contributed by atoms with van der Waals surface area (Å²) in [6.07, 6.45) is 3.75. The summed E-state index contributed by atoms with van der Waals surface area (Å²) >= 11 is 0. The van der Waals surface area contributed by atoms with Gasteiger partial charge in [0.1, 0.15) is 5.78 Å². The molecule has 0 aromatic heterocycles. The molecule has 0 amide bonds. The Morgan fingerprint density at radius 3 is 2.70 bits per heavy atom. The van der Waals surface area contributed by atoms with Crippen LogP contribution in [0.3, 0.4) is 0 Å². The van der Waals surface area contributed by atoms with E-state index in [1.807, 2.05) is 0 Å². The van der Waals surface area contributed by atoms with E-state index in [4.69, 9.17) is 0 Å². The lowest BCUT2D eigenvalue weighted by Crippen LogP contribution is -2.00. The van der Waals surface area contributed by atoms with Crippen LogP contribution in [0.2, 0.25) is 0 Å². The summed E-state index contributed by atoms with van der Waals surface area (Å²) in [6.45, 7) is 2.24. The number of Topliss-reactive ketones (excluding diaryl/α,β-unsaturated/α-hetero) is 1. The molecule has 4 saturated carbocycles. The molecule has 0 aromatic rings. The summed E-state index contributed by atoms with van der Waals surface area (Å²) in [5.41, 5.74) is 0.557. The second-order valence-electron chi connectivity index (χ2n) is 4.21. The van der Waals surface area contributed by atoms with Gasteiger partial charge in [0, 0.05) is 11.8 Å². The van der Waals surface area contributed by atoms with Crippen LogP contribution < -0.4 is 0 Å². The Labute approximate surface area is 60.8 Å². The molecule has 0 heterocycles. The first-order valence-corrected chi connectivity index (χ1v) is 4.33. The quantitative estimate of drug-likeness (QED) is 0.535. The van der Waals surface area contributed by atoms with Gasteiger partial charge in [-0.3, -0.25) is 4.79 Å². The molecule has 1 heteroatoms. The first-order chi connectivity index (χ1) is 4.79. The van der Waals surface area contributed by atoms with Gasteiger partial charge >= 0.3 is 0 Å². The normalized spacial score (nSPS) is 61.7. The van der Waals surface area contributed by atoms with Crippen LogP contribution in [0.25, 0.3) is 0 Å². The Balaban J connectivity index is 2.08. The summed E-state index contributed by atoms with van der Waals surface area (Å²) in [4.78, 5) is 11.4. The number of carbonyl (C=O) groups is 1. The minimum absolute atomic E-state index is 0.509. The highest BCUT2D eigenvalue weighted by Crippen LogP contribution is 2.78. The van der Waals surface area contributed by atoms with Crippen LogP contribution in [0.4, 0.5) is 0 Å². The Morgan fingerprint density at radius 1 is 1.70 bits per heavy atom. The predicted octanol–water partition coefficient (Wildman–Crippen LogP) is 1.62. The molecule has 4 bridgehead atoms. The Morgan fingerprint density at radius 2 is 2.50 bits per heavy atom. The second-order valence-corrected chi connectivity index (χ2v) is 4.21. The zero-order valence-electron chi connectivity index (χ0n) is 6.26. The van der Waals surface area contributed by atoms with Gasteiger partial charge in [0.2, 0.25) is 0 Å². The van der Waals surface area contributed by atoms with Crippen molar-refractivity contribution in [2.45, 2.75) is 26.2 Å². The van der Waals surface area contributed by atoms with Crippen LogP contribution in [0.15, 0.2) is 0 Å². The van der Waals surface area contributed by atoms with Gasteiger partial charge in [0.15, 0.2) is 0 Å². The van der Waals surface area contributed by atoms with E-state index in [1.165, 1.54) is 19.3 Å². The van der Waals surface area contributed by atoms with Crippen molar-refractivity contribution >= 4 is 5.78 Å². The molecule has 0 aliphatic heterocycles. The molecule has 4 aliphatic carbocycles. The van der Waals surface area contributed by atoms with Crippen LogP contribution in [-0.4, -0.2) is 5.78 Å². The summed E-state index contributed by atoms with van der Waals surface area (Å²) in [5.74, 6) is 2.51. The van der Waals surface area contributed by atoms with Crippen LogP contribution in [-0.2, 0) is 4.79 Å². The van der Waals surface area contributed by atoms with Crippen molar-refractivity contribution in [2.75, 3.05) is 0 Å². The van der Waals surface area contributed by atoms with E-state index in [0.29, 0.717) is 23.0 Å². The molecule has 4 aliphatic rings. The van der Waals surface area contributed by atoms with Crippen molar-refractivity contribution in [3.8, 4) is 0 Å². The number of ketones is 1. The molecule has 0 aromatic carbocycles. The van der Waals surface area contributed by atoms with E-state index >= 15 is 0 Å². The number of rotatable bonds is 1. The molecule has 10 heavy (non-hydrogen) atoms. The molecule has 54 valence electrons. The van der Waals surface area contributed by atoms with Gasteiger partial charge in [0.05, 0.1) is 0 Å². The molecule has 4 atom stereocenters. The minimum atomic E-state index is 0.509. The molecule has 0 N–H and O–H groups in total. The van der Waals surface area contributed by atoms with Gasteiger partial charge in [-0.25, -0.2) is 0 Å². The van der Waals surface area contributed by atoms with Gasteiger partial charge in [-0.2, -0.15) is 0 Å². The van der Waals surface area contributed by atoms with E-state index in [1.54, 1.807) is 0 Å². The molecule has 0 unspecified atom stereocenters. The van der Waals surface area contributed by atoms with Crippen LogP contribution in [0.5, 0.6) is 0 Å². The van der Waals surface area contributed by atoms with E-state index in [-0.39, 0.29) is 0 Å². The Hall–Kier alpha value is -0.330. The van der Waals surface area contributed by atoms with Gasteiger partial charge in [0.25, 0.3) is 0 Å². The maximum atomic E-state index is 11.4. The molecule has 0 radical (unpaired) electrons. The highest BCUT2D eigenvalue weighted by molar-refractivity contribution is 5.93. The fourth-order valence-electron chi connectivity index (χ4n) is 3.65. The summed E-state index contributed by atoms with van der Waals surface area (Å²) in [7, 11) is 0.